The molecule has 0 saturated heterocycles. The van der Waals surface area contributed by atoms with E-state index in [1.807, 2.05) is 37.3 Å². The van der Waals surface area contributed by atoms with Crippen LogP contribution in [0.15, 0.2) is 60.7 Å². The van der Waals surface area contributed by atoms with Crippen molar-refractivity contribution < 1.29 is 9.53 Å². The van der Waals surface area contributed by atoms with Gasteiger partial charge in [-0.25, -0.2) is 0 Å². The highest BCUT2D eigenvalue weighted by Crippen LogP contribution is 2.29. The van der Waals surface area contributed by atoms with Crippen LogP contribution in [0.4, 0.5) is 0 Å². The summed E-state index contributed by atoms with van der Waals surface area (Å²) in [6, 6.07) is 20.8. The molecular weight excluding hydrogens is 286 g/mol. The van der Waals surface area contributed by atoms with Crippen LogP contribution in [0, 0.1) is 0 Å². The van der Waals surface area contributed by atoms with Gasteiger partial charge in [0.25, 0.3) is 0 Å². The second kappa shape index (κ2) is 6.69. The number of nitrogens with zero attached hydrogens (tertiary/aromatic N) is 1. The van der Waals surface area contributed by atoms with Crippen LogP contribution in [0.1, 0.15) is 20.3 Å². The predicted octanol–water partition coefficient (Wildman–Crippen LogP) is 4.65. The highest BCUT2D eigenvalue weighted by molar-refractivity contribution is 5.87. The summed E-state index contributed by atoms with van der Waals surface area (Å²) < 4.78 is 7.70. The number of fused-ring (bicyclic) bond motifs is 1. The van der Waals surface area contributed by atoms with Gasteiger partial charge in [0, 0.05) is 23.5 Å². The zero-order valence-corrected chi connectivity index (χ0v) is 13.5. The largest absolute Gasteiger partial charge is 0.461 e. The van der Waals surface area contributed by atoms with E-state index in [1.165, 1.54) is 17.9 Å². The van der Waals surface area contributed by atoms with Crippen molar-refractivity contribution in [3.8, 4) is 11.3 Å². The molecule has 23 heavy (non-hydrogen) atoms. The lowest BCUT2D eigenvalue weighted by Gasteiger charge is -2.19. The topological polar surface area (TPSA) is 31.2 Å². The van der Waals surface area contributed by atoms with E-state index in [4.69, 9.17) is 4.74 Å². The standard InChI is InChI=1S/C20H21NO2/c1-3-18(23-15(2)22)14-21-19-12-8-7-11-17(19)13-20(21)16-9-5-4-6-10-16/h4-13,18H,3,14H2,1-2H3. The molecule has 2 aromatic carbocycles. The number of hydrogen-bond acceptors (Lipinski definition) is 2. The minimum atomic E-state index is -0.227. The van der Waals surface area contributed by atoms with Crippen LogP contribution >= 0.6 is 0 Å². The molecule has 3 rings (SSSR count). The van der Waals surface area contributed by atoms with E-state index < -0.39 is 0 Å². The fourth-order valence-electron chi connectivity index (χ4n) is 2.94. The number of rotatable bonds is 5. The SMILES string of the molecule is CCC(Cn1c(-c2ccccc2)cc2ccccc21)OC(C)=O. The van der Waals surface area contributed by atoms with Gasteiger partial charge in [-0.05, 0) is 24.1 Å². The number of carbonyl (C=O) groups excluding carboxylic acids is 1. The molecule has 118 valence electrons. The van der Waals surface area contributed by atoms with Crippen LogP contribution in [0.2, 0.25) is 0 Å². The summed E-state index contributed by atoms with van der Waals surface area (Å²) >= 11 is 0. The molecular formula is C20H21NO2. The first-order valence-corrected chi connectivity index (χ1v) is 8.00. The van der Waals surface area contributed by atoms with Gasteiger partial charge in [0.15, 0.2) is 0 Å². The average Bonchev–Trinajstić information content (AvgIpc) is 2.93. The van der Waals surface area contributed by atoms with Gasteiger partial charge in [0.2, 0.25) is 0 Å². The van der Waals surface area contributed by atoms with Crippen LogP contribution in [0.5, 0.6) is 0 Å². The molecule has 1 unspecified atom stereocenters. The number of esters is 1. The van der Waals surface area contributed by atoms with Crippen molar-refractivity contribution in [3.05, 3.63) is 60.7 Å². The second-order valence-corrected chi connectivity index (χ2v) is 5.70. The molecule has 0 fully saturated rings. The fraction of sp³-hybridized carbons (Fsp3) is 0.250. The molecule has 0 bridgehead atoms. The van der Waals surface area contributed by atoms with Gasteiger partial charge in [-0.2, -0.15) is 0 Å². The Morgan fingerprint density at radius 3 is 2.48 bits per heavy atom. The van der Waals surface area contributed by atoms with Gasteiger partial charge >= 0.3 is 5.97 Å². The number of carbonyl (C=O) groups is 1. The van der Waals surface area contributed by atoms with E-state index >= 15 is 0 Å². The molecule has 3 nitrogen and oxygen atoms in total. The smallest absolute Gasteiger partial charge is 0.302 e. The molecule has 0 radical (unpaired) electrons. The maximum Gasteiger partial charge on any atom is 0.302 e. The number of benzene rings is 2. The average molecular weight is 307 g/mol. The summed E-state index contributed by atoms with van der Waals surface area (Å²) in [5.41, 5.74) is 3.48. The molecule has 3 heteroatoms. The van der Waals surface area contributed by atoms with Crippen molar-refractivity contribution in [1.82, 2.24) is 4.57 Å². The molecule has 0 N–H and O–H groups in total. The van der Waals surface area contributed by atoms with Gasteiger partial charge < -0.3 is 9.30 Å². The predicted molar refractivity (Wildman–Crippen MR) is 93.2 cm³/mol. The van der Waals surface area contributed by atoms with Crippen molar-refractivity contribution in [2.24, 2.45) is 0 Å². The molecule has 1 aromatic heterocycles. The zero-order chi connectivity index (χ0) is 16.2. The second-order valence-electron chi connectivity index (χ2n) is 5.70. The lowest BCUT2D eigenvalue weighted by atomic mass is 10.1. The number of hydrogen-bond donors (Lipinski definition) is 0. The van der Waals surface area contributed by atoms with Crippen molar-refractivity contribution in [2.75, 3.05) is 0 Å². The van der Waals surface area contributed by atoms with Crippen LogP contribution in [-0.2, 0) is 16.1 Å². The molecule has 1 atom stereocenters. The van der Waals surface area contributed by atoms with Crippen LogP contribution in [0.25, 0.3) is 22.2 Å². The zero-order valence-electron chi connectivity index (χ0n) is 13.5. The summed E-state index contributed by atoms with van der Waals surface area (Å²) in [5, 5.41) is 1.20. The van der Waals surface area contributed by atoms with Gasteiger partial charge in [-0.1, -0.05) is 55.5 Å². The molecule has 0 aliphatic rings. The molecule has 0 amide bonds. The minimum Gasteiger partial charge on any atom is -0.461 e. The molecule has 0 aliphatic heterocycles. The fourth-order valence-corrected chi connectivity index (χ4v) is 2.94. The van der Waals surface area contributed by atoms with E-state index in [2.05, 4.69) is 34.9 Å². The third kappa shape index (κ3) is 3.29. The Bertz CT molecular complexity index is 805. The van der Waals surface area contributed by atoms with E-state index in [0.717, 1.165) is 17.6 Å². The quantitative estimate of drug-likeness (QED) is 0.642. The van der Waals surface area contributed by atoms with Crippen molar-refractivity contribution in [2.45, 2.75) is 32.9 Å². The summed E-state index contributed by atoms with van der Waals surface area (Å²) in [7, 11) is 0. The first-order chi connectivity index (χ1) is 11.2. The Balaban J connectivity index is 2.08. The lowest BCUT2D eigenvalue weighted by Crippen LogP contribution is -2.22. The molecule has 0 aliphatic carbocycles. The van der Waals surface area contributed by atoms with Crippen LogP contribution in [-0.4, -0.2) is 16.6 Å². The Kier molecular flexibility index (Phi) is 4.47. The Labute approximate surface area is 136 Å². The summed E-state index contributed by atoms with van der Waals surface area (Å²) in [6.45, 7) is 4.17. The monoisotopic (exact) mass is 307 g/mol. The molecule has 3 aromatic rings. The Morgan fingerprint density at radius 1 is 1.09 bits per heavy atom. The van der Waals surface area contributed by atoms with Crippen LogP contribution < -0.4 is 0 Å². The van der Waals surface area contributed by atoms with E-state index in [-0.39, 0.29) is 12.1 Å². The van der Waals surface area contributed by atoms with Gasteiger partial charge in [-0.15, -0.1) is 0 Å². The first kappa shape index (κ1) is 15.3. The molecule has 0 spiro atoms. The Hall–Kier alpha value is -2.55. The van der Waals surface area contributed by atoms with E-state index in [9.17, 15) is 4.79 Å². The third-order valence-corrected chi connectivity index (χ3v) is 4.05. The maximum absolute atomic E-state index is 11.3. The number of aromatic nitrogens is 1. The summed E-state index contributed by atoms with van der Waals surface area (Å²) in [6.07, 6.45) is 0.672. The van der Waals surface area contributed by atoms with Gasteiger partial charge in [-0.3, -0.25) is 4.79 Å². The number of para-hydroxylation sites is 1. The third-order valence-electron chi connectivity index (χ3n) is 4.05. The minimum absolute atomic E-state index is 0.120. The van der Waals surface area contributed by atoms with E-state index in [1.54, 1.807) is 0 Å². The van der Waals surface area contributed by atoms with Crippen molar-refractivity contribution >= 4 is 16.9 Å². The van der Waals surface area contributed by atoms with E-state index in [0.29, 0.717) is 6.54 Å². The molecule has 1 heterocycles. The molecule has 0 saturated carbocycles. The van der Waals surface area contributed by atoms with Crippen molar-refractivity contribution in [3.63, 3.8) is 0 Å². The Morgan fingerprint density at radius 2 is 1.78 bits per heavy atom. The lowest BCUT2D eigenvalue weighted by molar-refractivity contribution is -0.147. The van der Waals surface area contributed by atoms with Gasteiger partial charge in [0.1, 0.15) is 6.10 Å². The van der Waals surface area contributed by atoms with Crippen LogP contribution in [0.3, 0.4) is 0 Å². The summed E-state index contributed by atoms with van der Waals surface area (Å²) in [5.74, 6) is -0.227. The summed E-state index contributed by atoms with van der Waals surface area (Å²) in [4.78, 5) is 11.3. The number of ether oxygens (including phenoxy) is 1. The highest BCUT2D eigenvalue weighted by Gasteiger charge is 2.16. The van der Waals surface area contributed by atoms with Crippen molar-refractivity contribution in [1.29, 1.82) is 0 Å². The van der Waals surface area contributed by atoms with Gasteiger partial charge in [0.05, 0.1) is 6.54 Å². The first-order valence-electron chi connectivity index (χ1n) is 8.00. The highest BCUT2D eigenvalue weighted by atomic mass is 16.5. The maximum atomic E-state index is 11.3. The normalized spacial score (nSPS) is 12.3.